The summed E-state index contributed by atoms with van der Waals surface area (Å²) in [5.41, 5.74) is 3.22. The number of nitrogens with one attached hydrogen (secondary N) is 1. The molecule has 0 atom stereocenters. The predicted molar refractivity (Wildman–Crippen MR) is 110 cm³/mol. The van der Waals surface area contributed by atoms with Crippen molar-refractivity contribution < 1.29 is 19.2 Å². The van der Waals surface area contributed by atoms with Gasteiger partial charge in [-0.2, -0.15) is 10.2 Å². The number of para-hydroxylation sites is 1. The van der Waals surface area contributed by atoms with Crippen molar-refractivity contribution in [2.75, 3.05) is 0 Å². The van der Waals surface area contributed by atoms with Crippen LogP contribution in [0.2, 0.25) is 0 Å². The SMILES string of the molecule is Cc1nn(CC(=O)N/N=C/c2ccccc2OC(=O)c2cccs2)c(C)c1[N+](=O)[O-]. The summed E-state index contributed by atoms with van der Waals surface area (Å²) in [6, 6.07) is 10.2. The van der Waals surface area contributed by atoms with Crippen LogP contribution in [0.5, 0.6) is 5.75 Å². The third kappa shape index (κ3) is 4.75. The Labute approximate surface area is 174 Å². The molecule has 1 aromatic carbocycles. The number of aryl methyl sites for hydroxylation is 1. The monoisotopic (exact) mass is 427 g/mol. The highest BCUT2D eigenvalue weighted by Crippen LogP contribution is 2.21. The summed E-state index contributed by atoms with van der Waals surface area (Å²) in [6.07, 6.45) is 1.35. The van der Waals surface area contributed by atoms with E-state index in [0.717, 1.165) is 0 Å². The van der Waals surface area contributed by atoms with Crippen LogP contribution >= 0.6 is 11.3 Å². The number of amides is 1. The van der Waals surface area contributed by atoms with Gasteiger partial charge in [-0.15, -0.1) is 11.3 Å². The number of hydrogen-bond donors (Lipinski definition) is 1. The quantitative estimate of drug-likeness (QED) is 0.203. The minimum Gasteiger partial charge on any atom is -0.422 e. The number of esters is 1. The summed E-state index contributed by atoms with van der Waals surface area (Å²) in [6.45, 7) is 2.80. The van der Waals surface area contributed by atoms with E-state index in [1.165, 1.54) is 36.1 Å². The maximum Gasteiger partial charge on any atom is 0.353 e. The molecule has 0 aliphatic heterocycles. The van der Waals surface area contributed by atoms with Crippen molar-refractivity contribution in [3.63, 3.8) is 0 Å². The maximum absolute atomic E-state index is 12.1. The Kier molecular flexibility index (Phi) is 6.32. The Balaban J connectivity index is 1.64. The number of hydrazone groups is 1. The summed E-state index contributed by atoms with van der Waals surface area (Å²) in [5.74, 6) is -0.705. The van der Waals surface area contributed by atoms with Crippen LogP contribution in [0.4, 0.5) is 5.69 Å². The highest BCUT2D eigenvalue weighted by molar-refractivity contribution is 7.12. The number of nitrogens with zero attached hydrogens (tertiary/aromatic N) is 4. The normalized spacial score (nSPS) is 10.9. The van der Waals surface area contributed by atoms with Gasteiger partial charge in [0.1, 0.15) is 28.6 Å². The van der Waals surface area contributed by atoms with E-state index in [4.69, 9.17) is 4.74 Å². The first-order valence-electron chi connectivity index (χ1n) is 8.72. The second-order valence-electron chi connectivity index (χ2n) is 6.13. The van der Waals surface area contributed by atoms with Gasteiger partial charge in [-0.25, -0.2) is 10.2 Å². The molecule has 3 rings (SSSR count). The fraction of sp³-hybridized carbons (Fsp3) is 0.158. The fourth-order valence-corrected chi connectivity index (χ4v) is 3.27. The number of hydrogen-bond acceptors (Lipinski definition) is 8. The van der Waals surface area contributed by atoms with Crippen LogP contribution in [0.1, 0.15) is 26.6 Å². The molecule has 0 radical (unpaired) electrons. The van der Waals surface area contributed by atoms with Gasteiger partial charge in [-0.3, -0.25) is 19.6 Å². The van der Waals surface area contributed by atoms with E-state index in [0.29, 0.717) is 16.2 Å². The van der Waals surface area contributed by atoms with Gasteiger partial charge in [0.05, 0.1) is 11.1 Å². The van der Waals surface area contributed by atoms with Gasteiger partial charge in [0, 0.05) is 5.56 Å². The smallest absolute Gasteiger partial charge is 0.353 e. The lowest BCUT2D eigenvalue weighted by atomic mass is 10.2. The standard InChI is InChI=1S/C19H17N5O5S/c1-12-18(24(27)28)13(2)23(22-12)11-17(25)21-20-10-14-6-3-4-7-15(14)29-19(26)16-8-5-9-30-16/h3-10H,11H2,1-2H3,(H,21,25)/b20-10+. The minimum atomic E-state index is -0.529. The van der Waals surface area contributed by atoms with Crippen molar-refractivity contribution in [1.29, 1.82) is 0 Å². The molecule has 11 heteroatoms. The van der Waals surface area contributed by atoms with Crippen molar-refractivity contribution in [2.45, 2.75) is 20.4 Å². The van der Waals surface area contributed by atoms with E-state index in [2.05, 4.69) is 15.6 Å². The third-order valence-electron chi connectivity index (χ3n) is 4.06. The lowest BCUT2D eigenvalue weighted by molar-refractivity contribution is -0.386. The molecular weight excluding hydrogens is 410 g/mol. The largest absolute Gasteiger partial charge is 0.422 e. The zero-order valence-corrected chi connectivity index (χ0v) is 16.9. The Bertz CT molecular complexity index is 1120. The zero-order chi connectivity index (χ0) is 21.7. The predicted octanol–water partition coefficient (Wildman–Crippen LogP) is 2.84. The average Bonchev–Trinajstić information content (AvgIpc) is 3.32. The Hall–Kier alpha value is -3.86. The number of carbonyl (C=O) groups is 2. The maximum atomic E-state index is 12.1. The number of carbonyl (C=O) groups excluding carboxylic acids is 2. The van der Waals surface area contributed by atoms with Gasteiger partial charge in [0.15, 0.2) is 0 Å². The highest BCUT2D eigenvalue weighted by atomic mass is 32.1. The number of nitro groups is 1. The summed E-state index contributed by atoms with van der Waals surface area (Å²) in [5, 5.41) is 20.7. The van der Waals surface area contributed by atoms with Crippen LogP contribution in [0.25, 0.3) is 0 Å². The van der Waals surface area contributed by atoms with Gasteiger partial charge in [0.25, 0.3) is 5.91 Å². The molecule has 30 heavy (non-hydrogen) atoms. The Morgan fingerprint density at radius 1 is 1.30 bits per heavy atom. The first-order chi connectivity index (χ1) is 14.4. The zero-order valence-electron chi connectivity index (χ0n) is 16.1. The number of aromatic nitrogens is 2. The first kappa shape index (κ1) is 20.9. The highest BCUT2D eigenvalue weighted by Gasteiger charge is 2.22. The van der Waals surface area contributed by atoms with Crippen LogP contribution in [-0.4, -0.2) is 32.8 Å². The molecule has 10 nitrogen and oxygen atoms in total. The van der Waals surface area contributed by atoms with E-state index in [1.807, 2.05) is 0 Å². The molecule has 0 saturated carbocycles. The van der Waals surface area contributed by atoms with Crippen LogP contribution in [0, 0.1) is 24.0 Å². The van der Waals surface area contributed by atoms with E-state index < -0.39 is 16.8 Å². The summed E-state index contributed by atoms with van der Waals surface area (Å²) in [4.78, 5) is 35.2. The molecule has 2 aromatic heterocycles. The van der Waals surface area contributed by atoms with Crippen LogP contribution in [0.15, 0.2) is 46.9 Å². The van der Waals surface area contributed by atoms with Gasteiger partial charge in [0.2, 0.25) is 0 Å². The van der Waals surface area contributed by atoms with Crippen molar-refractivity contribution in [3.05, 3.63) is 73.7 Å². The number of thiophene rings is 1. The summed E-state index contributed by atoms with van der Waals surface area (Å²) < 4.78 is 6.63. The molecule has 2 heterocycles. The Morgan fingerprint density at radius 3 is 2.73 bits per heavy atom. The average molecular weight is 427 g/mol. The summed E-state index contributed by atoms with van der Waals surface area (Å²) >= 11 is 1.27. The van der Waals surface area contributed by atoms with E-state index >= 15 is 0 Å². The van der Waals surface area contributed by atoms with Gasteiger partial charge in [-0.1, -0.05) is 18.2 Å². The molecule has 0 aliphatic rings. The molecule has 0 saturated heterocycles. The lowest BCUT2D eigenvalue weighted by Crippen LogP contribution is -2.24. The second-order valence-corrected chi connectivity index (χ2v) is 7.08. The third-order valence-corrected chi connectivity index (χ3v) is 4.91. The molecular formula is C19H17N5O5S. The number of benzene rings is 1. The first-order valence-corrected chi connectivity index (χ1v) is 9.59. The van der Waals surface area contributed by atoms with Gasteiger partial charge < -0.3 is 4.74 Å². The van der Waals surface area contributed by atoms with Gasteiger partial charge in [-0.05, 0) is 37.4 Å². The Morgan fingerprint density at radius 2 is 2.07 bits per heavy atom. The molecule has 3 aromatic rings. The molecule has 0 aliphatic carbocycles. The van der Waals surface area contributed by atoms with Crippen molar-refractivity contribution in [3.8, 4) is 5.75 Å². The molecule has 154 valence electrons. The van der Waals surface area contributed by atoms with Crippen LogP contribution in [0.3, 0.4) is 0 Å². The van der Waals surface area contributed by atoms with Crippen LogP contribution < -0.4 is 10.2 Å². The van der Waals surface area contributed by atoms with Crippen molar-refractivity contribution in [1.82, 2.24) is 15.2 Å². The minimum absolute atomic E-state index is 0.118. The van der Waals surface area contributed by atoms with E-state index in [9.17, 15) is 19.7 Å². The van der Waals surface area contributed by atoms with Crippen LogP contribution in [-0.2, 0) is 11.3 Å². The molecule has 0 bridgehead atoms. The van der Waals surface area contributed by atoms with E-state index in [1.54, 1.807) is 41.8 Å². The molecule has 1 amide bonds. The summed E-state index contributed by atoms with van der Waals surface area (Å²) in [7, 11) is 0. The number of ether oxygens (including phenoxy) is 1. The lowest BCUT2D eigenvalue weighted by Gasteiger charge is -2.06. The molecule has 0 fully saturated rings. The fourth-order valence-electron chi connectivity index (χ4n) is 2.68. The topological polar surface area (TPSA) is 129 Å². The number of rotatable bonds is 7. The van der Waals surface area contributed by atoms with Crippen molar-refractivity contribution in [2.24, 2.45) is 5.10 Å². The molecule has 0 spiro atoms. The van der Waals surface area contributed by atoms with Gasteiger partial charge >= 0.3 is 11.7 Å². The van der Waals surface area contributed by atoms with E-state index in [-0.39, 0.29) is 23.6 Å². The van der Waals surface area contributed by atoms with Crippen molar-refractivity contribution >= 4 is 35.1 Å². The molecule has 0 unspecified atom stereocenters. The molecule has 1 N–H and O–H groups in total. The second kappa shape index (κ2) is 9.09.